The van der Waals surface area contributed by atoms with Crippen molar-refractivity contribution in [2.24, 2.45) is 5.92 Å². The third-order valence-electron chi connectivity index (χ3n) is 5.63. The Labute approximate surface area is 179 Å². The molecule has 3 aromatic carbocycles. The maximum absolute atomic E-state index is 13.5. The maximum atomic E-state index is 13.5. The monoisotopic (exact) mass is 418 g/mol. The molecule has 0 radical (unpaired) electrons. The number of aryl methyl sites for hydroxylation is 1. The number of anilines is 2. The molecule has 0 aliphatic carbocycles. The van der Waals surface area contributed by atoms with Gasteiger partial charge in [0.15, 0.2) is 6.10 Å². The van der Waals surface area contributed by atoms with Gasteiger partial charge in [0.1, 0.15) is 5.92 Å². The van der Waals surface area contributed by atoms with Crippen LogP contribution in [0.2, 0.25) is 5.02 Å². The molecule has 2 fully saturated rings. The van der Waals surface area contributed by atoms with Crippen molar-refractivity contribution in [1.29, 1.82) is 0 Å². The number of para-hydroxylation sites is 1. The molecule has 5 rings (SSSR count). The van der Waals surface area contributed by atoms with Gasteiger partial charge in [-0.15, -0.1) is 0 Å². The third kappa shape index (κ3) is 2.98. The summed E-state index contributed by atoms with van der Waals surface area (Å²) in [6.07, 6.45) is -0.875. The Bertz CT molecular complexity index is 1100. The van der Waals surface area contributed by atoms with Gasteiger partial charge in [0.25, 0.3) is 5.91 Å². The summed E-state index contributed by atoms with van der Waals surface area (Å²) in [4.78, 5) is 34.0. The van der Waals surface area contributed by atoms with Crippen LogP contribution in [0.25, 0.3) is 0 Å². The summed E-state index contributed by atoms with van der Waals surface area (Å²) in [5.41, 5.74) is 3.35. The molecule has 0 saturated carbocycles. The minimum atomic E-state index is -0.875. The predicted octanol–water partition coefficient (Wildman–Crippen LogP) is 4.70. The zero-order valence-corrected chi connectivity index (χ0v) is 17.0. The molecule has 0 spiro atoms. The highest BCUT2D eigenvalue weighted by Gasteiger charge is 2.60. The number of carbonyl (C=O) groups excluding carboxylic acids is 2. The van der Waals surface area contributed by atoms with Crippen LogP contribution in [0.3, 0.4) is 0 Å². The number of fused-ring (bicyclic) bond motifs is 1. The van der Waals surface area contributed by atoms with E-state index in [4.69, 9.17) is 16.4 Å². The largest absolute Gasteiger partial charge is 0.273 e. The molecule has 3 aromatic rings. The molecule has 6 heteroatoms. The SMILES string of the molecule is Cc1ccc([C@H]2[C@H]3C(=O)N(c4ccc(Cl)cc4)C(=O)[C@H]3ON2c2ccccc2)cc1. The van der Waals surface area contributed by atoms with E-state index in [0.29, 0.717) is 10.7 Å². The first kappa shape index (κ1) is 18.9. The first-order valence-corrected chi connectivity index (χ1v) is 10.1. The van der Waals surface area contributed by atoms with Crippen molar-refractivity contribution in [1.82, 2.24) is 0 Å². The van der Waals surface area contributed by atoms with Gasteiger partial charge in [0, 0.05) is 5.02 Å². The molecule has 0 unspecified atom stereocenters. The molecule has 2 heterocycles. The molecule has 2 aliphatic rings. The predicted molar refractivity (Wildman–Crippen MR) is 115 cm³/mol. The van der Waals surface area contributed by atoms with E-state index in [0.717, 1.165) is 16.8 Å². The molecule has 2 saturated heterocycles. The second-order valence-corrected chi connectivity index (χ2v) is 7.99. The summed E-state index contributed by atoms with van der Waals surface area (Å²) < 4.78 is 0. The number of hydrogen-bond acceptors (Lipinski definition) is 4. The van der Waals surface area contributed by atoms with Gasteiger partial charge in [0.2, 0.25) is 5.91 Å². The minimum absolute atomic E-state index is 0.267. The van der Waals surface area contributed by atoms with E-state index >= 15 is 0 Å². The van der Waals surface area contributed by atoms with Gasteiger partial charge >= 0.3 is 0 Å². The van der Waals surface area contributed by atoms with Gasteiger partial charge in [-0.1, -0.05) is 59.6 Å². The first-order valence-electron chi connectivity index (χ1n) is 9.75. The van der Waals surface area contributed by atoms with Gasteiger partial charge in [-0.3, -0.25) is 14.4 Å². The highest BCUT2D eigenvalue weighted by atomic mass is 35.5. The zero-order valence-electron chi connectivity index (χ0n) is 16.2. The van der Waals surface area contributed by atoms with E-state index in [9.17, 15) is 9.59 Å². The van der Waals surface area contributed by atoms with E-state index in [1.165, 1.54) is 4.90 Å². The van der Waals surface area contributed by atoms with Crippen LogP contribution in [-0.4, -0.2) is 17.9 Å². The average Bonchev–Trinajstić information content (AvgIpc) is 3.27. The van der Waals surface area contributed by atoms with Gasteiger partial charge in [-0.25, -0.2) is 9.96 Å². The van der Waals surface area contributed by atoms with Gasteiger partial charge in [-0.05, 0) is 48.9 Å². The molecule has 3 atom stereocenters. The van der Waals surface area contributed by atoms with E-state index in [1.54, 1.807) is 29.3 Å². The van der Waals surface area contributed by atoms with Crippen LogP contribution in [0.15, 0.2) is 78.9 Å². The Morgan fingerprint density at radius 1 is 0.800 bits per heavy atom. The number of halogens is 1. The molecule has 5 nitrogen and oxygen atoms in total. The van der Waals surface area contributed by atoms with Crippen LogP contribution in [0.1, 0.15) is 17.2 Å². The van der Waals surface area contributed by atoms with Crippen molar-refractivity contribution in [3.8, 4) is 0 Å². The van der Waals surface area contributed by atoms with Crippen molar-refractivity contribution < 1.29 is 14.4 Å². The highest BCUT2D eigenvalue weighted by molar-refractivity contribution is 6.31. The highest BCUT2D eigenvalue weighted by Crippen LogP contribution is 2.47. The third-order valence-corrected chi connectivity index (χ3v) is 5.88. The number of hydrogen-bond donors (Lipinski definition) is 0. The number of imide groups is 1. The zero-order chi connectivity index (χ0) is 20.8. The number of amides is 2. The van der Waals surface area contributed by atoms with Crippen molar-refractivity contribution in [3.05, 3.63) is 95.0 Å². The molecule has 0 aromatic heterocycles. The van der Waals surface area contributed by atoms with E-state index in [-0.39, 0.29) is 11.8 Å². The number of hydroxylamine groups is 1. The van der Waals surface area contributed by atoms with Crippen LogP contribution >= 0.6 is 11.6 Å². The Morgan fingerprint density at radius 3 is 2.13 bits per heavy atom. The number of benzene rings is 3. The van der Waals surface area contributed by atoms with Gasteiger partial charge < -0.3 is 0 Å². The number of rotatable bonds is 3. The fourth-order valence-electron chi connectivity index (χ4n) is 4.16. The van der Waals surface area contributed by atoms with Gasteiger partial charge in [0.05, 0.1) is 17.4 Å². The molecular weight excluding hydrogens is 400 g/mol. The summed E-state index contributed by atoms with van der Waals surface area (Å²) in [6, 6.07) is 23.8. The lowest BCUT2D eigenvalue weighted by Crippen LogP contribution is -2.37. The normalized spacial score (nSPS) is 23.2. The van der Waals surface area contributed by atoms with Crippen molar-refractivity contribution in [2.45, 2.75) is 19.1 Å². The Hall–Kier alpha value is -3.15. The molecule has 0 bridgehead atoms. The summed E-state index contributed by atoms with van der Waals surface area (Å²) in [7, 11) is 0. The molecule has 0 N–H and O–H groups in total. The molecule has 30 heavy (non-hydrogen) atoms. The maximum Gasteiger partial charge on any atom is 0.266 e. The Morgan fingerprint density at radius 2 is 1.47 bits per heavy atom. The molecule has 2 amide bonds. The van der Waals surface area contributed by atoms with Crippen LogP contribution in [-0.2, 0) is 14.4 Å². The minimum Gasteiger partial charge on any atom is -0.273 e. The van der Waals surface area contributed by atoms with Crippen molar-refractivity contribution in [3.63, 3.8) is 0 Å². The lowest BCUT2D eigenvalue weighted by molar-refractivity contribution is -0.126. The van der Waals surface area contributed by atoms with Gasteiger partial charge in [-0.2, -0.15) is 0 Å². The van der Waals surface area contributed by atoms with Crippen molar-refractivity contribution in [2.75, 3.05) is 9.96 Å². The second-order valence-electron chi connectivity index (χ2n) is 7.56. The summed E-state index contributed by atoms with van der Waals surface area (Å²) in [5, 5.41) is 2.25. The first-order chi connectivity index (χ1) is 14.5. The molecular formula is C24H19ClN2O3. The van der Waals surface area contributed by atoms with Crippen LogP contribution in [0.5, 0.6) is 0 Å². The standard InChI is InChI=1S/C24H19ClN2O3/c1-15-7-9-16(10-8-15)21-20-22(30-27(21)19-5-3-2-4-6-19)24(29)26(23(20)28)18-13-11-17(25)12-14-18/h2-14,20-22H,1H3/t20-,21+,22+/m1/s1. The lowest BCUT2D eigenvalue weighted by atomic mass is 9.90. The lowest BCUT2D eigenvalue weighted by Gasteiger charge is -2.28. The second kappa shape index (κ2) is 7.27. The molecule has 150 valence electrons. The fourth-order valence-corrected chi connectivity index (χ4v) is 4.29. The van der Waals surface area contributed by atoms with Crippen molar-refractivity contribution >= 4 is 34.8 Å². The number of nitrogens with zero attached hydrogens (tertiary/aromatic N) is 2. The van der Waals surface area contributed by atoms with Crippen LogP contribution in [0, 0.1) is 12.8 Å². The molecule has 2 aliphatic heterocycles. The quantitative estimate of drug-likeness (QED) is 0.578. The summed E-state index contributed by atoms with van der Waals surface area (Å²) >= 11 is 5.97. The summed E-state index contributed by atoms with van der Waals surface area (Å²) in [6.45, 7) is 2.01. The van der Waals surface area contributed by atoms with E-state index in [1.807, 2.05) is 61.5 Å². The Balaban J connectivity index is 1.58. The van der Waals surface area contributed by atoms with E-state index < -0.39 is 18.1 Å². The smallest absolute Gasteiger partial charge is 0.266 e. The average molecular weight is 419 g/mol. The fraction of sp³-hybridized carbons (Fsp3) is 0.167. The summed E-state index contributed by atoms with van der Waals surface area (Å²) in [5.74, 6) is -1.27. The Kier molecular flexibility index (Phi) is 4.57. The van der Waals surface area contributed by atoms with Crippen LogP contribution in [0.4, 0.5) is 11.4 Å². The number of carbonyl (C=O) groups is 2. The topological polar surface area (TPSA) is 49.9 Å². The van der Waals surface area contributed by atoms with E-state index in [2.05, 4.69) is 0 Å². The van der Waals surface area contributed by atoms with Crippen LogP contribution < -0.4 is 9.96 Å².